The Labute approximate surface area is 94.1 Å². The maximum atomic E-state index is 13.2. The zero-order valence-electron chi connectivity index (χ0n) is 9.46. The first-order chi connectivity index (χ1) is 7.53. The van der Waals surface area contributed by atoms with Gasteiger partial charge in [-0.3, -0.25) is 9.78 Å². The highest BCUT2D eigenvalue weighted by Crippen LogP contribution is 2.17. The number of rotatable bonds is 4. The number of halogens is 1. The molecule has 0 aliphatic carbocycles. The second-order valence-corrected chi connectivity index (χ2v) is 3.67. The first-order valence-electron chi connectivity index (χ1n) is 5.23. The Bertz CT molecular complexity index is 377. The maximum absolute atomic E-state index is 13.2. The molecule has 88 valence electrons. The molecule has 0 aromatic carbocycles. The summed E-state index contributed by atoms with van der Waals surface area (Å²) >= 11 is 0. The molecule has 1 aromatic rings. The molecule has 0 spiro atoms. The van der Waals surface area contributed by atoms with Gasteiger partial charge in [0.05, 0.1) is 17.4 Å². The van der Waals surface area contributed by atoms with E-state index in [1.807, 2.05) is 13.8 Å². The van der Waals surface area contributed by atoms with Crippen LogP contribution in [0.15, 0.2) is 18.5 Å². The largest absolute Gasteiger partial charge is 0.322 e. The molecule has 0 bridgehead atoms. The average Bonchev–Trinajstić information content (AvgIpc) is 2.31. The first kappa shape index (κ1) is 12.6. The Kier molecular flexibility index (Phi) is 3.95. The molecule has 0 radical (unpaired) electrons. The van der Waals surface area contributed by atoms with Gasteiger partial charge in [0.1, 0.15) is 0 Å². The van der Waals surface area contributed by atoms with Gasteiger partial charge < -0.3 is 11.1 Å². The number of nitrogens with zero attached hydrogens (tertiary/aromatic N) is 1. The molecule has 5 heteroatoms. The van der Waals surface area contributed by atoms with Crippen LogP contribution in [-0.4, -0.2) is 16.4 Å². The van der Waals surface area contributed by atoms with Crippen molar-refractivity contribution in [2.75, 3.05) is 5.32 Å². The number of aromatic nitrogens is 1. The van der Waals surface area contributed by atoms with Crippen LogP contribution in [0.1, 0.15) is 26.7 Å². The summed E-state index contributed by atoms with van der Waals surface area (Å²) in [5.74, 6) is -0.937. The fraction of sp³-hybridized carbons (Fsp3) is 0.455. The molecule has 0 saturated carbocycles. The molecule has 0 saturated heterocycles. The van der Waals surface area contributed by atoms with E-state index < -0.39 is 11.4 Å². The van der Waals surface area contributed by atoms with Crippen molar-refractivity contribution in [3.63, 3.8) is 0 Å². The predicted molar refractivity (Wildman–Crippen MR) is 60.3 cm³/mol. The Morgan fingerprint density at radius 1 is 1.56 bits per heavy atom. The zero-order chi connectivity index (χ0) is 12.2. The lowest BCUT2D eigenvalue weighted by Gasteiger charge is -2.25. The van der Waals surface area contributed by atoms with E-state index in [1.165, 1.54) is 12.3 Å². The van der Waals surface area contributed by atoms with Gasteiger partial charge in [0, 0.05) is 6.20 Å². The minimum Gasteiger partial charge on any atom is -0.322 e. The van der Waals surface area contributed by atoms with E-state index >= 15 is 0 Å². The number of nitrogens with two attached hydrogens (primary N) is 1. The number of amides is 1. The van der Waals surface area contributed by atoms with E-state index in [0.29, 0.717) is 12.8 Å². The summed E-state index contributed by atoms with van der Waals surface area (Å²) in [5, 5.41) is 2.47. The Morgan fingerprint density at radius 2 is 2.19 bits per heavy atom. The fourth-order valence-electron chi connectivity index (χ4n) is 1.29. The molecule has 0 atom stereocenters. The van der Waals surface area contributed by atoms with Crippen molar-refractivity contribution in [3.05, 3.63) is 24.3 Å². The van der Waals surface area contributed by atoms with E-state index in [1.54, 1.807) is 0 Å². The molecule has 4 nitrogen and oxygen atoms in total. The van der Waals surface area contributed by atoms with Gasteiger partial charge in [0.15, 0.2) is 5.82 Å². The van der Waals surface area contributed by atoms with Crippen LogP contribution >= 0.6 is 0 Å². The van der Waals surface area contributed by atoms with Crippen LogP contribution in [0.25, 0.3) is 0 Å². The molecule has 1 heterocycles. The second kappa shape index (κ2) is 5.03. The lowest BCUT2D eigenvalue weighted by molar-refractivity contribution is -0.121. The van der Waals surface area contributed by atoms with Crippen molar-refractivity contribution in [1.82, 2.24) is 4.98 Å². The van der Waals surface area contributed by atoms with Crippen LogP contribution in [0.2, 0.25) is 0 Å². The highest BCUT2D eigenvalue weighted by Gasteiger charge is 2.30. The van der Waals surface area contributed by atoms with Gasteiger partial charge in [-0.15, -0.1) is 0 Å². The highest BCUT2D eigenvalue weighted by atomic mass is 19.1. The molecule has 16 heavy (non-hydrogen) atoms. The summed E-state index contributed by atoms with van der Waals surface area (Å²) in [5.41, 5.74) is 5.05. The molecule has 1 amide bonds. The second-order valence-electron chi connectivity index (χ2n) is 3.67. The third kappa shape index (κ3) is 2.55. The number of carbonyl (C=O) groups is 1. The molecular weight excluding hydrogens is 209 g/mol. The Hall–Kier alpha value is -1.49. The number of hydrogen-bond acceptors (Lipinski definition) is 3. The maximum Gasteiger partial charge on any atom is 0.244 e. The normalized spacial score (nSPS) is 11.2. The number of nitrogens with one attached hydrogen (secondary N) is 1. The van der Waals surface area contributed by atoms with E-state index in [-0.39, 0.29) is 11.6 Å². The molecule has 0 fully saturated rings. The van der Waals surface area contributed by atoms with Crippen LogP contribution in [-0.2, 0) is 4.79 Å². The summed E-state index contributed by atoms with van der Waals surface area (Å²) in [6.07, 6.45) is 3.46. The standard InChI is InChI=1S/C11H16FN3O/c1-3-11(13,4-2)10(16)15-9-5-6-14-7-8(9)12/h5-7H,3-4,13H2,1-2H3,(H,14,15,16). The summed E-state index contributed by atoms with van der Waals surface area (Å²) in [6, 6.07) is 1.40. The summed E-state index contributed by atoms with van der Waals surface area (Å²) in [7, 11) is 0. The molecule has 3 N–H and O–H groups in total. The van der Waals surface area contributed by atoms with Crippen LogP contribution in [0.5, 0.6) is 0 Å². The lowest BCUT2D eigenvalue weighted by atomic mass is 9.93. The summed E-state index contributed by atoms with van der Waals surface area (Å²) < 4.78 is 13.2. The zero-order valence-corrected chi connectivity index (χ0v) is 9.46. The first-order valence-corrected chi connectivity index (χ1v) is 5.23. The highest BCUT2D eigenvalue weighted by molar-refractivity contribution is 5.97. The van der Waals surface area contributed by atoms with Crippen LogP contribution < -0.4 is 11.1 Å². The number of anilines is 1. The molecule has 0 unspecified atom stereocenters. The van der Waals surface area contributed by atoms with Gasteiger partial charge in [0.2, 0.25) is 5.91 Å². The van der Waals surface area contributed by atoms with E-state index in [9.17, 15) is 9.18 Å². The van der Waals surface area contributed by atoms with Gasteiger partial charge in [-0.05, 0) is 18.9 Å². The quantitative estimate of drug-likeness (QED) is 0.819. The van der Waals surface area contributed by atoms with Crippen molar-refractivity contribution in [2.45, 2.75) is 32.2 Å². The molecule has 0 aliphatic rings. The minimum atomic E-state index is -0.949. The van der Waals surface area contributed by atoms with E-state index in [2.05, 4.69) is 10.3 Å². The lowest BCUT2D eigenvalue weighted by Crippen LogP contribution is -2.50. The SMILES string of the molecule is CCC(N)(CC)C(=O)Nc1ccncc1F. The van der Waals surface area contributed by atoms with Gasteiger partial charge in [0.25, 0.3) is 0 Å². The van der Waals surface area contributed by atoms with Crippen molar-refractivity contribution in [2.24, 2.45) is 5.73 Å². The third-order valence-corrected chi connectivity index (χ3v) is 2.73. The molecule has 1 rings (SSSR count). The average molecular weight is 225 g/mol. The van der Waals surface area contributed by atoms with Gasteiger partial charge in [-0.25, -0.2) is 4.39 Å². The van der Waals surface area contributed by atoms with Crippen LogP contribution in [0.3, 0.4) is 0 Å². The van der Waals surface area contributed by atoms with Gasteiger partial charge in [-0.2, -0.15) is 0 Å². The summed E-state index contributed by atoms with van der Waals surface area (Å²) in [6.45, 7) is 3.65. The number of carbonyl (C=O) groups excluding carboxylic acids is 1. The smallest absolute Gasteiger partial charge is 0.244 e. The topological polar surface area (TPSA) is 68.0 Å². The summed E-state index contributed by atoms with van der Waals surface area (Å²) in [4.78, 5) is 15.4. The van der Waals surface area contributed by atoms with Crippen LogP contribution in [0.4, 0.5) is 10.1 Å². The fourth-order valence-corrected chi connectivity index (χ4v) is 1.29. The van der Waals surface area contributed by atoms with Crippen molar-refractivity contribution in [1.29, 1.82) is 0 Å². The molecule has 0 aliphatic heterocycles. The predicted octanol–water partition coefficient (Wildman–Crippen LogP) is 1.68. The van der Waals surface area contributed by atoms with Gasteiger partial charge in [-0.1, -0.05) is 13.8 Å². The Morgan fingerprint density at radius 3 is 2.69 bits per heavy atom. The van der Waals surface area contributed by atoms with Crippen LogP contribution in [0, 0.1) is 5.82 Å². The number of hydrogen-bond donors (Lipinski definition) is 2. The Balaban J connectivity index is 2.83. The minimum absolute atomic E-state index is 0.108. The monoisotopic (exact) mass is 225 g/mol. The number of pyridine rings is 1. The van der Waals surface area contributed by atoms with E-state index in [0.717, 1.165) is 6.20 Å². The van der Waals surface area contributed by atoms with E-state index in [4.69, 9.17) is 5.73 Å². The van der Waals surface area contributed by atoms with Gasteiger partial charge >= 0.3 is 0 Å². The van der Waals surface area contributed by atoms with Crippen molar-refractivity contribution in [3.8, 4) is 0 Å². The molecule has 1 aromatic heterocycles. The van der Waals surface area contributed by atoms with Crippen molar-refractivity contribution < 1.29 is 9.18 Å². The molecular formula is C11H16FN3O. The van der Waals surface area contributed by atoms with Crippen molar-refractivity contribution >= 4 is 11.6 Å². The third-order valence-electron chi connectivity index (χ3n) is 2.73.